The molecule has 0 aliphatic carbocycles. The molecule has 0 fully saturated rings. The summed E-state index contributed by atoms with van der Waals surface area (Å²) in [4.78, 5) is 1.04. The molecule has 1 heterocycles. The summed E-state index contributed by atoms with van der Waals surface area (Å²) >= 11 is 6.68. The van der Waals surface area contributed by atoms with E-state index < -0.39 is 0 Å². The topological polar surface area (TPSA) is 36.4 Å². The summed E-state index contributed by atoms with van der Waals surface area (Å²) in [5, 5.41) is 9.31. The molecule has 2 N–H and O–H groups in total. The van der Waals surface area contributed by atoms with Crippen molar-refractivity contribution in [1.82, 2.24) is 5.43 Å². The zero-order chi connectivity index (χ0) is 13.7. The van der Waals surface area contributed by atoms with E-state index in [1.54, 1.807) is 23.6 Å². The Labute approximate surface area is 120 Å². The molecule has 98 valence electrons. The van der Waals surface area contributed by atoms with Gasteiger partial charge in [0.05, 0.1) is 6.21 Å². The monoisotopic (exact) mass is 293 g/mol. The Bertz CT molecular complexity index is 594. The van der Waals surface area contributed by atoms with Gasteiger partial charge in [0.1, 0.15) is 5.82 Å². The molecule has 0 amide bonds. The molecule has 0 spiro atoms. The average Bonchev–Trinajstić information content (AvgIpc) is 2.86. The van der Waals surface area contributed by atoms with Gasteiger partial charge in [-0.3, -0.25) is 5.43 Å². The quantitative estimate of drug-likeness (QED) is 0.516. The third-order valence-corrected chi connectivity index (χ3v) is 3.34. The van der Waals surface area contributed by atoms with Crippen LogP contribution in [-0.4, -0.2) is 11.3 Å². The number of anilines is 1. The highest BCUT2D eigenvalue weighted by atomic mass is 32.1. The Morgan fingerprint density at radius 2 is 2.26 bits per heavy atom. The van der Waals surface area contributed by atoms with Crippen LogP contribution in [0.1, 0.15) is 10.4 Å². The molecule has 1 aromatic heterocycles. The number of rotatable bonds is 3. The van der Waals surface area contributed by atoms with Gasteiger partial charge in [-0.2, -0.15) is 5.10 Å². The first kappa shape index (κ1) is 13.6. The Hall–Kier alpha value is -1.79. The maximum Gasteiger partial charge on any atom is 0.191 e. The fourth-order valence-electron chi connectivity index (χ4n) is 1.44. The minimum absolute atomic E-state index is 0.266. The minimum atomic E-state index is -0.266. The molecule has 19 heavy (non-hydrogen) atoms. The van der Waals surface area contributed by atoms with Crippen molar-refractivity contribution in [1.29, 1.82) is 0 Å². The van der Waals surface area contributed by atoms with E-state index in [0.717, 1.165) is 16.1 Å². The van der Waals surface area contributed by atoms with E-state index in [2.05, 4.69) is 15.8 Å². The van der Waals surface area contributed by atoms with Crippen LogP contribution in [0.2, 0.25) is 0 Å². The Morgan fingerprint density at radius 3 is 2.95 bits per heavy atom. The van der Waals surface area contributed by atoms with Gasteiger partial charge in [0, 0.05) is 10.6 Å². The number of nitrogens with zero attached hydrogens (tertiary/aromatic N) is 1. The second kappa shape index (κ2) is 6.40. The summed E-state index contributed by atoms with van der Waals surface area (Å²) < 4.78 is 12.9. The summed E-state index contributed by atoms with van der Waals surface area (Å²) in [7, 11) is 0. The van der Waals surface area contributed by atoms with Crippen molar-refractivity contribution >= 4 is 40.6 Å². The molecule has 0 radical (unpaired) electrons. The van der Waals surface area contributed by atoms with Gasteiger partial charge in [-0.25, -0.2) is 4.39 Å². The third kappa shape index (κ3) is 4.11. The molecule has 0 aliphatic heterocycles. The van der Waals surface area contributed by atoms with Gasteiger partial charge in [0.15, 0.2) is 5.11 Å². The molecule has 0 unspecified atom stereocenters. The SMILES string of the molecule is Cc1cc(F)ccc1NC(=S)N/N=C\c1cccs1. The van der Waals surface area contributed by atoms with Crippen molar-refractivity contribution in [2.24, 2.45) is 5.10 Å². The molecule has 2 aromatic rings. The summed E-state index contributed by atoms with van der Waals surface area (Å²) in [6.45, 7) is 1.81. The lowest BCUT2D eigenvalue weighted by Crippen LogP contribution is -2.24. The van der Waals surface area contributed by atoms with Gasteiger partial charge < -0.3 is 5.32 Å². The number of nitrogens with one attached hydrogen (secondary N) is 2. The number of halogens is 1. The first-order valence-electron chi connectivity index (χ1n) is 5.55. The molecule has 6 heteroatoms. The first-order valence-corrected chi connectivity index (χ1v) is 6.83. The molecule has 0 saturated carbocycles. The van der Waals surface area contributed by atoms with Crippen LogP contribution in [0, 0.1) is 12.7 Å². The molecule has 0 bridgehead atoms. The molecular formula is C13H12FN3S2. The van der Waals surface area contributed by atoms with Gasteiger partial charge in [-0.1, -0.05) is 6.07 Å². The number of thiocarbonyl (C=S) groups is 1. The predicted molar refractivity (Wildman–Crippen MR) is 82.4 cm³/mol. The first-order chi connectivity index (χ1) is 9.15. The zero-order valence-corrected chi connectivity index (χ0v) is 11.8. The smallest absolute Gasteiger partial charge is 0.191 e. The highest BCUT2D eigenvalue weighted by Crippen LogP contribution is 2.15. The lowest BCUT2D eigenvalue weighted by Gasteiger charge is -2.09. The summed E-state index contributed by atoms with van der Waals surface area (Å²) in [6.07, 6.45) is 1.69. The third-order valence-electron chi connectivity index (χ3n) is 2.34. The second-order valence-electron chi connectivity index (χ2n) is 3.80. The molecule has 0 aliphatic rings. The number of aryl methyl sites for hydroxylation is 1. The van der Waals surface area contributed by atoms with Crippen LogP contribution < -0.4 is 10.7 Å². The van der Waals surface area contributed by atoms with E-state index in [0.29, 0.717) is 5.11 Å². The van der Waals surface area contributed by atoms with Crippen molar-refractivity contribution in [3.05, 3.63) is 52.0 Å². The second-order valence-corrected chi connectivity index (χ2v) is 5.19. The number of hydrazone groups is 1. The highest BCUT2D eigenvalue weighted by Gasteiger charge is 2.01. The molecular weight excluding hydrogens is 281 g/mol. The summed E-state index contributed by atoms with van der Waals surface area (Å²) in [5.41, 5.74) is 4.25. The predicted octanol–water partition coefficient (Wildman–Crippen LogP) is 3.52. The van der Waals surface area contributed by atoms with Gasteiger partial charge in [0.2, 0.25) is 0 Å². The van der Waals surface area contributed by atoms with Gasteiger partial charge in [-0.05, 0) is 54.4 Å². The van der Waals surface area contributed by atoms with E-state index in [1.165, 1.54) is 12.1 Å². The van der Waals surface area contributed by atoms with Crippen LogP contribution in [0.4, 0.5) is 10.1 Å². The van der Waals surface area contributed by atoms with Crippen LogP contribution in [0.3, 0.4) is 0 Å². The maximum atomic E-state index is 12.9. The lowest BCUT2D eigenvalue weighted by molar-refractivity contribution is 0.627. The largest absolute Gasteiger partial charge is 0.331 e. The van der Waals surface area contributed by atoms with Gasteiger partial charge in [-0.15, -0.1) is 11.3 Å². The number of benzene rings is 1. The minimum Gasteiger partial charge on any atom is -0.331 e. The fourth-order valence-corrected chi connectivity index (χ4v) is 2.18. The van der Waals surface area contributed by atoms with E-state index in [-0.39, 0.29) is 5.82 Å². The molecule has 0 saturated heterocycles. The molecule has 2 rings (SSSR count). The van der Waals surface area contributed by atoms with Crippen molar-refractivity contribution < 1.29 is 4.39 Å². The van der Waals surface area contributed by atoms with Crippen molar-refractivity contribution in [2.45, 2.75) is 6.92 Å². The van der Waals surface area contributed by atoms with E-state index in [1.807, 2.05) is 24.4 Å². The van der Waals surface area contributed by atoms with E-state index >= 15 is 0 Å². The summed E-state index contributed by atoms with van der Waals surface area (Å²) in [5.74, 6) is -0.266. The fraction of sp³-hybridized carbons (Fsp3) is 0.0769. The molecule has 1 aromatic carbocycles. The van der Waals surface area contributed by atoms with E-state index in [4.69, 9.17) is 12.2 Å². The van der Waals surface area contributed by atoms with Crippen LogP contribution in [0.15, 0.2) is 40.8 Å². The Morgan fingerprint density at radius 1 is 1.42 bits per heavy atom. The molecule has 3 nitrogen and oxygen atoms in total. The zero-order valence-electron chi connectivity index (χ0n) is 10.2. The number of hydrogen-bond acceptors (Lipinski definition) is 3. The lowest BCUT2D eigenvalue weighted by atomic mass is 10.2. The van der Waals surface area contributed by atoms with Crippen molar-refractivity contribution in [3.63, 3.8) is 0 Å². The number of hydrogen-bond donors (Lipinski definition) is 2. The average molecular weight is 293 g/mol. The van der Waals surface area contributed by atoms with Crippen molar-refractivity contribution in [2.75, 3.05) is 5.32 Å². The van der Waals surface area contributed by atoms with Crippen LogP contribution in [-0.2, 0) is 0 Å². The van der Waals surface area contributed by atoms with Crippen LogP contribution >= 0.6 is 23.6 Å². The highest BCUT2D eigenvalue weighted by molar-refractivity contribution is 7.80. The molecule has 0 atom stereocenters. The van der Waals surface area contributed by atoms with Gasteiger partial charge >= 0.3 is 0 Å². The number of thiophene rings is 1. The van der Waals surface area contributed by atoms with E-state index in [9.17, 15) is 4.39 Å². The Balaban J connectivity index is 1.91. The Kier molecular flexibility index (Phi) is 4.59. The van der Waals surface area contributed by atoms with Crippen LogP contribution in [0.25, 0.3) is 0 Å². The van der Waals surface area contributed by atoms with Crippen LogP contribution in [0.5, 0.6) is 0 Å². The standard InChI is InChI=1S/C13H12FN3S2/c1-9-7-10(14)4-5-12(9)16-13(18)17-15-8-11-3-2-6-19-11/h2-8H,1H3,(H2,16,17,18)/b15-8-. The summed E-state index contributed by atoms with van der Waals surface area (Å²) in [6, 6.07) is 8.37. The normalized spacial score (nSPS) is 10.6. The van der Waals surface area contributed by atoms with Crippen molar-refractivity contribution in [3.8, 4) is 0 Å². The maximum absolute atomic E-state index is 12.9. The van der Waals surface area contributed by atoms with Gasteiger partial charge in [0.25, 0.3) is 0 Å².